The average Bonchev–Trinajstić information content (AvgIpc) is 2.00. The van der Waals surface area contributed by atoms with Crippen LogP contribution in [0.5, 0.6) is 0 Å². The van der Waals surface area contributed by atoms with E-state index < -0.39 is 0 Å². The van der Waals surface area contributed by atoms with Gasteiger partial charge in [0, 0.05) is 5.75 Å². The second-order valence-electron chi connectivity index (χ2n) is 1.27. The molecule has 0 aromatic rings. The van der Waals surface area contributed by atoms with Gasteiger partial charge in [0.15, 0.2) is 0 Å². The van der Waals surface area contributed by atoms with Crippen LogP contribution < -0.4 is 0 Å². The fourth-order valence-corrected chi connectivity index (χ4v) is 5.28. The summed E-state index contributed by atoms with van der Waals surface area (Å²) in [6.07, 6.45) is 6.33. The molecule has 0 saturated carbocycles. The normalized spacial score (nSPS) is 27.6. The minimum Gasteiger partial charge on any atom is -0.0775 e. The molecule has 9 heavy (non-hydrogen) atoms. The van der Waals surface area contributed by atoms with Crippen molar-refractivity contribution in [3.05, 3.63) is 23.6 Å². The molecule has 0 aromatic heterocycles. The van der Waals surface area contributed by atoms with Gasteiger partial charge in [0.05, 0.1) is 0 Å². The Hall–Kier alpha value is 0.880. The molecule has 0 aliphatic carbocycles. The standard InChI is InChI=1S/C5H6S4/c1-2-4-6-8-9-7-5-3-1/h1-4H,5H2/b3-1-,4-2-. The molecule has 1 heterocycles. The second kappa shape index (κ2) is 5.65. The molecular weight excluding hydrogens is 188 g/mol. The highest BCUT2D eigenvalue weighted by atomic mass is 33.7. The number of allylic oxidation sites excluding steroid dienone is 2. The Bertz CT molecular complexity index is 104. The fourth-order valence-electron chi connectivity index (χ4n) is 0.337. The first kappa shape index (κ1) is 7.98. The number of hydrogen-bond acceptors (Lipinski definition) is 4. The molecule has 0 fully saturated rings. The topological polar surface area (TPSA) is 0 Å². The third-order valence-electron chi connectivity index (χ3n) is 0.661. The zero-order valence-corrected chi connectivity index (χ0v) is 7.92. The molecule has 1 aliphatic rings. The van der Waals surface area contributed by atoms with Crippen molar-refractivity contribution in [1.29, 1.82) is 0 Å². The Kier molecular flexibility index (Phi) is 5.01. The lowest BCUT2D eigenvalue weighted by Gasteiger charge is -1.89. The highest BCUT2D eigenvalue weighted by molar-refractivity contribution is 9.26. The van der Waals surface area contributed by atoms with Crippen LogP contribution in [0.1, 0.15) is 0 Å². The van der Waals surface area contributed by atoms with Crippen LogP contribution in [0.25, 0.3) is 0 Å². The summed E-state index contributed by atoms with van der Waals surface area (Å²) < 4.78 is 0. The molecule has 0 aromatic carbocycles. The van der Waals surface area contributed by atoms with E-state index in [4.69, 9.17) is 0 Å². The Labute approximate surface area is 70.5 Å². The van der Waals surface area contributed by atoms with Gasteiger partial charge in [-0.15, -0.1) is 0 Å². The quantitative estimate of drug-likeness (QED) is 0.538. The summed E-state index contributed by atoms with van der Waals surface area (Å²) in [6, 6.07) is 0. The van der Waals surface area contributed by atoms with Crippen LogP contribution in [0.3, 0.4) is 0 Å². The van der Waals surface area contributed by atoms with E-state index in [2.05, 4.69) is 23.6 Å². The Morgan fingerprint density at radius 2 is 2.11 bits per heavy atom. The van der Waals surface area contributed by atoms with Gasteiger partial charge in [-0.1, -0.05) is 39.8 Å². The summed E-state index contributed by atoms with van der Waals surface area (Å²) in [4.78, 5) is 0. The summed E-state index contributed by atoms with van der Waals surface area (Å²) in [5, 5.41) is 2.10. The van der Waals surface area contributed by atoms with E-state index in [0.717, 1.165) is 5.75 Å². The summed E-state index contributed by atoms with van der Waals surface area (Å²) >= 11 is 0. The van der Waals surface area contributed by atoms with Crippen molar-refractivity contribution in [2.75, 3.05) is 5.75 Å². The lowest BCUT2D eigenvalue weighted by atomic mass is 10.5. The van der Waals surface area contributed by atoms with E-state index in [1.165, 1.54) is 0 Å². The van der Waals surface area contributed by atoms with Crippen molar-refractivity contribution in [2.24, 2.45) is 0 Å². The maximum atomic E-state index is 2.17. The van der Waals surface area contributed by atoms with E-state index in [1.54, 1.807) is 10.8 Å². The van der Waals surface area contributed by atoms with E-state index in [0.29, 0.717) is 0 Å². The van der Waals surface area contributed by atoms with Gasteiger partial charge in [-0.25, -0.2) is 0 Å². The lowest BCUT2D eigenvalue weighted by Crippen LogP contribution is -1.59. The molecule has 0 spiro atoms. The van der Waals surface area contributed by atoms with Crippen LogP contribution in [-0.2, 0) is 0 Å². The molecule has 50 valence electrons. The minimum absolute atomic E-state index is 1.11. The zero-order valence-electron chi connectivity index (χ0n) is 4.65. The molecule has 1 aliphatic heterocycles. The van der Waals surface area contributed by atoms with E-state index in [-0.39, 0.29) is 0 Å². The number of hydrogen-bond donors (Lipinski definition) is 0. The van der Waals surface area contributed by atoms with Crippen molar-refractivity contribution < 1.29 is 0 Å². The van der Waals surface area contributed by atoms with Crippen LogP contribution in [0.4, 0.5) is 0 Å². The van der Waals surface area contributed by atoms with E-state index in [9.17, 15) is 0 Å². The molecule has 0 bridgehead atoms. The van der Waals surface area contributed by atoms with Gasteiger partial charge >= 0.3 is 0 Å². The highest BCUT2D eigenvalue weighted by Crippen LogP contribution is 2.43. The van der Waals surface area contributed by atoms with Crippen molar-refractivity contribution in [3.63, 3.8) is 0 Å². The van der Waals surface area contributed by atoms with Crippen molar-refractivity contribution >= 4 is 41.2 Å². The third kappa shape index (κ3) is 4.31. The summed E-state index contributed by atoms with van der Waals surface area (Å²) in [7, 11) is 7.29. The smallest absolute Gasteiger partial charge is 0.0229 e. The Morgan fingerprint density at radius 1 is 1.11 bits per heavy atom. The molecule has 0 nitrogen and oxygen atoms in total. The van der Waals surface area contributed by atoms with Crippen LogP contribution >= 0.6 is 41.2 Å². The summed E-state index contributed by atoms with van der Waals surface area (Å²) in [5.41, 5.74) is 0. The first-order chi connectivity index (χ1) is 4.50. The fraction of sp³-hybridized carbons (Fsp3) is 0.200. The molecular formula is C5H6S4. The minimum atomic E-state index is 1.11. The average molecular weight is 194 g/mol. The maximum absolute atomic E-state index is 2.17. The van der Waals surface area contributed by atoms with Gasteiger partial charge in [-0.05, 0) is 25.1 Å². The van der Waals surface area contributed by atoms with E-state index in [1.807, 2.05) is 30.4 Å². The summed E-state index contributed by atoms with van der Waals surface area (Å²) in [6.45, 7) is 0. The first-order valence-corrected chi connectivity index (χ1v) is 7.48. The molecule has 0 radical (unpaired) electrons. The second-order valence-corrected chi connectivity index (χ2v) is 7.13. The van der Waals surface area contributed by atoms with Crippen LogP contribution in [0, 0.1) is 0 Å². The third-order valence-corrected chi connectivity index (χ3v) is 6.49. The van der Waals surface area contributed by atoms with Gasteiger partial charge in [-0.2, -0.15) is 0 Å². The van der Waals surface area contributed by atoms with Crippen LogP contribution in [0.15, 0.2) is 23.6 Å². The highest BCUT2D eigenvalue weighted by Gasteiger charge is 1.88. The van der Waals surface area contributed by atoms with Crippen LogP contribution in [-0.4, -0.2) is 5.75 Å². The van der Waals surface area contributed by atoms with Gasteiger partial charge in [-0.3, -0.25) is 0 Å². The molecule has 0 amide bonds. The Balaban J connectivity index is 2.28. The molecule has 4 heteroatoms. The van der Waals surface area contributed by atoms with Crippen LogP contribution in [0.2, 0.25) is 0 Å². The van der Waals surface area contributed by atoms with Crippen molar-refractivity contribution in [2.45, 2.75) is 0 Å². The molecule has 0 unspecified atom stereocenters. The molecule has 0 atom stereocenters. The molecule has 1 rings (SSSR count). The SMILES string of the molecule is C1=C\CSSSS\C=C/1. The first-order valence-electron chi connectivity index (χ1n) is 2.43. The van der Waals surface area contributed by atoms with Gasteiger partial charge < -0.3 is 0 Å². The summed E-state index contributed by atoms with van der Waals surface area (Å²) in [5.74, 6) is 1.11. The predicted octanol–water partition coefficient (Wildman–Crippen LogP) is 3.75. The zero-order chi connectivity index (χ0) is 6.36. The monoisotopic (exact) mass is 194 g/mol. The maximum Gasteiger partial charge on any atom is 0.0229 e. The van der Waals surface area contributed by atoms with Gasteiger partial charge in [0.25, 0.3) is 0 Å². The molecule has 0 N–H and O–H groups in total. The van der Waals surface area contributed by atoms with Gasteiger partial charge in [0.1, 0.15) is 0 Å². The van der Waals surface area contributed by atoms with Crippen molar-refractivity contribution in [3.8, 4) is 0 Å². The van der Waals surface area contributed by atoms with E-state index >= 15 is 0 Å². The van der Waals surface area contributed by atoms with Crippen molar-refractivity contribution in [1.82, 2.24) is 0 Å². The largest absolute Gasteiger partial charge is 0.0775 e. The lowest BCUT2D eigenvalue weighted by molar-refractivity contribution is 1.78. The number of rotatable bonds is 0. The molecule has 0 saturated heterocycles. The Morgan fingerprint density at radius 3 is 3.11 bits per heavy atom. The van der Waals surface area contributed by atoms with Gasteiger partial charge in [0.2, 0.25) is 0 Å². The predicted molar refractivity (Wildman–Crippen MR) is 53.5 cm³/mol.